The fourth-order valence-electron chi connectivity index (χ4n) is 2.46. The van der Waals surface area contributed by atoms with Crippen molar-refractivity contribution in [3.05, 3.63) is 18.0 Å². The van der Waals surface area contributed by atoms with Crippen LogP contribution >= 0.6 is 11.8 Å². The van der Waals surface area contributed by atoms with Gasteiger partial charge in [0.2, 0.25) is 10.0 Å². The van der Waals surface area contributed by atoms with Crippen LogP contribution in [0.4, 0.5) is 0 Å². The van der Waals surface area contributed by atoms with Gasteiger partial charge in [-0.25, -0.2) is 8.42 Å². The SMILES string of the molecule is CCCn1cc(S(=O)(=O)N(C)C2CCSC2)cc1CN. The van der Waals surface area contributed by atoms with Crippen LogP contribution in [-0.2, 0) is 23.1 Å². The number of hydrogen-bond donors (Lipinski definition) is 1. The van der Waals surface area contributed by atoms with Gasteiger partial charge in [-0.15, -0.1) is 0 Å². The molecule has 114 valence electrons. The molecule has 20 heavy (non-hydrogen) atoms. The number of nitrogens with zero attached hydrogens (tertiary/aromatic N) is 2. The van der Waals surface area contributed by atoms with E-state index in [2.05, 4.69) is 6.92 Å². The molecule has 0 bridgehead atoms. The van der Waals surface area contributed by atoms with Crippen molar-refractivity contribution in [3.63, 3.8) is 0 Å². The second-order valence-corrected chi connectivity index (χ2v) is 8.25. The van der Waals surface area contributed by atoms with Crippen LogP contribution in [0.15, 0.2) is 17.2 Å². The summed E-state index contributed by atoms with van der Waals surface area (Å²) in [7, 11) is -1.72. The lowest BCUT2D eigenvalue weighted by molar-refractivity contribution is 0.394. The minimum absolute atomic E-state index is 0.112. The third-order valence-electron chi connectivity index (χ3n) is 3.73. The fourth-order valence-corrected chi connectivity index (χ4v) is 5.27. The molecule has 5 nitrogen and oxygen atoms in total. The van der Waals surface area contributed by atoms with Gasteiger partial charge in [-0.3, -0.25) is 0 Å². The first-order valence-corrected chi connectivity index (χ1v) is 9.55. The van der Waals surface area contributed by atoms with E-state index in [0.717, 1.165) is 36.6 Å². The average Bonchev–Trinajstić information content (AvgIpc) is 3.07. The van der Waals surface area contributed by atoms with Crippen LogP contribution in [0.1, 0.15) is 25.5 Å². The standard InChI is InChI=1S/C13H23N3O2S2/c1-3-5-16-9-13(7-12(16)8-14)20(17,18)15(2)11-4-6-19-10-11/h7,9,11H,3-6,8,10,14H2,1-2H3. The molecule has 1 aromatic heterocycles. The number of aryl methyl sites for hydroxylation is 1. The van der Waals surface area contributed by atoms with Crippen LogP contribution in [0.25, 0.3) is 0 Å². The molecule has 1 saturated heterocycles. The van der Waals surface area contributed by atoms with Gasteiger partial charge in [0.1, 0.15) is 4.90 Å². The van der Waals surface area contributed by atoms with Crippen LogP contribution in [0.5, 0.6) is 0 Å². The summed E-state index contributed by atoms with van der Waals surface area (Å²) in [6.07, 6.45) is 3.61. The van der Waals surface area contributed by atoms with Gasteiger partial charge in [-0.2, -0.15) is 16.1 Å². The second-order valence-electron chi connectivity index (χ2n) is 5.10. The molecule has 1 fully saturated rings. The van der Waals surface area contributed by atoms with Crippen LogP contribution in [0, 0.1) is 0 Å². The second kappa shape index (κ2) is 6.51. The van der Waals surface area contributed by atoms with Crippen LogP contribution in [-0.4, -0.2) is 41.9 Å². The molecule has 1 aliphatic heterocycles. The average molecular weight is 317 g/mol. The normalized spacial score (nSPS) is 19.9. The van der Waals surface area contributed by atoms with E-state index in [9.17, 15) is 8.42 Å². The monoisotopic (exact) mass is 317 g/mol. The fraction of sp³-hybridized carbons (Fsp3) is 0.692. The van der Waals surface area contributed by atoms with Crippen molar-refractivity contribution in [1.29, 1.82) is 0 Å². The molecule has 7 heteroatoms. The summed E-state index contributed by atoms with van der Waals surface area (Å²) in [5, 5.41) is 0. The van der Waals surface area contributed by atoms with E-state index in [1.165, 1.54) is 4.31 Å². The Bertz CT molecular complexity index is 548. The molecule has 0 radical (unpaired) electrons. The topological polar surface area (TPSA) is 68.3 Å². The molecule has 2 heterocycles. The van der Waals surface area contributed by atoms with E-state index in [0.29, 0.717) is 11.4 Å². The lowest BCUT2D eigenvalue weighted by atomic mass is 10.3. The van der Waals surface area contributed by atoms with E-state index in [-0.39, 0.29) is 6.04 Å². The number of aromatic nitrogens is 1. The van der Waals surface area contributed by atoms with Crippen LogP contribution in [0.2, 0.25) is 0 Å². The molecule has 0 saturated carbocycles. The molecule has 1 atom stereocenters. The van der Waals surface area contributed by atoms with Gasteiger partial charge < -0.3 is 10.3 Å². The molecule has 2 N–H and O–H groups in total. The van der Waals surface area contributed by atoms with E-state index >= 15 is 0 Å². The van der Waals surface area contributed by atoms with Gasteiger partial charge in [0.25, 0.3) is 0 Å². The Labute approximate surface area is 125 Å². The third kappa shape index (κ3) is 3.05. The van der Waals surface area contributed by atoms with Crippen molar-refractivity contribution in [1.82, 2.24) is 8.87 Å². The highest BCUT2D eigenvalue weighted by Gasteiger charge is 2.31. The summed E-state index contributed by atoms with van der Waals surface area (Å²) in [6, 6.07) is 1.82. The Morgan fingerprint density at radius 3 is 2.85 bits per heavy atom. The molecule has 1 aliphatic rings. The molecule has 2 rings (SSSR count). The summed E-state index contributed by atoms with van der Waals surface area (Å²) in [5.41, 5.74) is 6.58. The van der Waals surface area contributed by atoms with E-state index in [1.54, 1.807) is 19.3 Å². The smallest absolute Gasteiger partial charge is 0.244 e. The largest absolute Gasteiger partial charge is 0.349 e. The molecule has 1 aromatic rings. The predicted octanol–water partition coefficient (Wildman–Crippen LogP) is 1.48. The number of hydrogen-bond acceptors (Lipinski definition) is 4. The van der Waals surface area contributed by atoms with E-state index < -0.39 is 10.0 Å². The van der Waals surface area contributed by atoms with Crippen LogP contribution < -0.4 is 5.73 Å². The van der Waals surface area contributed by atoms with Gasteiger partial charge in [0.05, 0.1) is 0 Å². The lowest BCUT2D eigenvalue weighted by Gasteiger charge is -2.22. The maximum absolute atomic E-state index is 12.7. The van der Waals surface area contributed by atoms with Crippen molar-refractivity contribution in [2.24, 2.45) is 5.73 Å². The zero-order valence-electron chi connectivity index (χ0n) is 12.1. The van der Waals surface area contributed by atoms with Crippen molar-refractivity contribution >= 4 is 21.8 Å². The molecular weight excluding hydrogens is 294 g/mol. The first-order valence-electron chi connectivity index (χ1n) is 6.95. The zero-order valence-corrected chi connectivity index (χ0v) is 13.7. The van der Waals surface area contributed by atoms with Gasteiger partial charge in [0.15, 0.2) is 0 Å². The van der Waals surface area contributed by atoms with Crippen LogP contribution in [0.3, 0.4) is 0 Å². The molecular formula is C13H23N3O2S2. The highest BCUT2D eigenvalue weighted by Crippen LogP contribution is 2.27. The zero-order chi connectivity index (χ0) is 14.8. The van der Waals surface area contributed by atoms with Gasteiger partial charge in [0, 0.05) is 43.8 Å². The quantitative estimate of drug-likeness (QED) is 0.863. The number of nitrogens with two attached hydrogens (primary N) is 1. The first kappa shape index (κ1) is 15.9. The van der Waals surface area contributed by atoms with Crippen molar-refractivity contribution in [2.75, 3.05) is 18.6 Å². The lowest BCUT2D eigenvalue weighted by Crippen LogP contribution is -2.36. The number of thioether (sulfide) groups is 1. The third-order valence-corrected chi connectivity index (χ3v) is 6.75. The summed E-state index contributed by atoms with van der Waals surface area (Å²) in [5.74, 6) is 1.92. The molecule has 1 unspecified atom stereocenters. The molecule has 0 aromatic carbocycles. The maximum Gasteiger partial charge on any atom is 0.244 e. The van der Waals surface area contributed by atoms with Crippen molar-refractivity contribution in [2.45, 2.75) is 43.8 Å². The highest BCUT2D eigenvalue weighted by atomic mass is 32.2. The Kier molecular flexibility index (Phi) is 5.17. The summed E-state index contributed by atoms with van der Waals surface area (Å²) >= 11 is 1.81. The summed E-state index contributed by atoms with van der Waals surface area (Å²) in [6.45, 7) is 3.22. The Morgan fingerprint density at radius 2 is 2.30 bits per heavy atom. The van der Waals surface area contributed by atoms with E-state index in [4.69, 9.17) is 5.73 Å². The predicted molar refractivity (Wildman–Crippen MR) is 83.3 cm³/mol. The Hall–Kier alpha value is -0.500. The molecule has 0 aliphatic carbocycles. The van der Waals surface area contributed by atoms with Crippen molar-refractivity contribution in [3.8, 4) is 0 Å². The number of sulfonamides is 1. The van der Waals surface area contributed by atoms with Gasteiger partial charge in [-0.1, -0.05) is 6.92 Å². The Balaban J connectivity index is 2.28. The first-order chi connectivity index (χ1) is 9.50. The number of rotatable bonds is 6. The minimum atomic E-state index is -3.41. The highest BCUT2D eigenvalue weighted by molar-refractivity contribution is 7.99. The van der Waals surface area contributed by atoms with Crippen molar-refractivity contribution < 1.29 is 8.42 Å². The van der Waals surface area contributed by atoms with Gasteiger partial charge in [-0.05, 0) is 24.7 Å². The maximum atomic E-state index is 12.7. The molecule has 0 amide bonds. The Morgan fingerprint density at radius 1 is 1.55 bits per heavy atom. The summed E-state index contributed by atoms with van der Waals surface area (Å²) < 4.78 is 28.8. The van der Waals surface area contributed by atoms with E-state index in [1.807, 2.05) is 16.3 Å². The molecule has 0 spiro atoms. The van der Waals surface area contributed by atoms with Gasteiger partial charge >= 0.3 is 0 Å². The minimum Gasteiger partial charge on any atom is -0.349 e. The summed E-state index contributed by atoms with van der Waals surface area (Å²) in [4.78, 5) is 0.366.